The number of benzene rings is 2. The molecule has 3 rings (SSSR count). The fourth-order valence-corrected chi connectivity index (χ4v) is 3.80. The topological polar surface area (TPSA) is 111 Å². The zero-order valence-electron chi connectivity index (χ0n) is 20.3. The maximum absolute atomic E-state index is 13.6. The summed E-state index contributed by atoms with van der Waals surface area (Å²) in [5.41, 5.74) is 6.38. The van der Waals surface area contributed by atoms with Gasteiger partial charge < -0.3 is 20.5 Å². The van der Waals surface area contributed by atoms with Gasteiger partial charge in [0.15, 0.2) is 12.1 Å². The summed E-state index contributed by atoms with van der Waals surface area (Å²) in [6, 6.07) is 13.6. The van der Waals surface area contributed by atoms with Crippen LogP contribution in [0.4, 0.5) is 10.5 Å². The SMILES string of the molecule is CC(C)C[C@H](N)C(=O)N(C(=O)OC(C)(C)C)[C@@H]1C(=O)Nc2ccccc2O[C@@H]1c1ccccc1. The largest absolute Gasteiger partial charge is 0.481 e. The summed E-state index contributed by atoms with van der Waals surface area (Å²) in [5.74, 6) is -0.739. The van der Waals surface area contributed by atoms with Gasteiger partial charge in [-0.25, -0.2) is 9.69 Å². The Morgan fingerprint density at radius 2 is 1.71 bits per heavy atom. The smallest absolute Gasteiger partial charge is 0.417 e. The van der Waals surface area contributed by atoms with Crippen LogP contribution in [0.1, 0.15) is 52.7 Å². The average Bonchev–Trinajstić information content (AvgIpc) is 2.89. The molecule has 0 aliphatic carbocycles. The Morgan fingerprint density at radius 1 is 1.09 bits per heavy atom. The van der Waals surface area contributed by atoms with Crippen LogP contribution in [0.25, 0.3) is 0 Å². The Labute approximate surface area is 200 Å². The van der Waals surface area contributed by atoms with Crippen LogP contribution in [0.5, 0.6) is 5.75 Å². The van der Waals surface area contributed by atoms with Gasteiger partial charge in [0.05, 0.1) is 11.7 Å². The number of ether oxygens (including phenoxy) is 2. The summed E-state index contributed by atoms with van der Waals surface area (Å²) >= 11 is 0. The molecule has 3 amide bonds. The Kier molecular flexibility index (Phi) is 7.61. The highest BCUT2D eigenvalue weighted by Crippen LogP contribution is 2.37. The molecule has 0 saturated carbocycles. The minimum absolute atomic E-state index is 0.104. The van der Waals surface area contributed by atoms with Crippen LogP contribution in [0.15, 0.2) is 54.6 Å². The highest BCUT2D eigenvalue weighted by atomic mass is 16.6. The number of nitrogens with two attached hydrogens (primary N) is 1. The lowest BCUT2D eigenvalue weighted by Crippen LogP contribution is -2.58. The highest BCUT2D eigenvalue weighted by molar-refractivity contribution is 6.05. The monoisotopic (exact) mass is 467 g/mol. The molecule has 0 saturated heterocycles. The van der Waals surface area contributed by atoms with Crippen molar-refractivity contribution in [2.24, 2.45) is 11.7 Å². The van der Waals surface area contributed by atoms with E-state index >= 15 is 0 Å². The van der Waals surface area contributed by atoms with Crippen LogP contribution in [-0.2, 0) is 14.3 Å². The first-order valence-corrected chi connectivity index (χ1v) is 11.4. The van der Waals surface area contributed by atoms with E-state index in [1.165, 1.54) is 0 Å². The molecular weight excluding hydrogens is 434 g/mol. The van der Waals surface area contributed by atoms with Crippen molar-refractivity contribution in [2.75, 3.05) is 5.32 Å². The molecular formula is C26H33N3O5. The minimum atomic E-state index is -1.35. The van der Waals surface area contributed by atoms with Gasteiger partial charge in [0.2, 0.25) is 5.91 Å². The van der Waals surface area contributed by atoms with Crippen molar-refractivity contribution >= 4 is 23.6 Å². The molecule has 3 atom stereocenters. The van der Waals surface area contributed by atoms with Gasteiger partial charge in [0, 0.05) is 0 Å². The quantitative estimate of drug-likeness (QED) is 0.680. The van der Waals surface area contributed by atoms with E-state index in [2.05, 4.69) is 5.32 Å². The van der Waals surface area contributed by atoms with Crippen molar-refractivity contribution in [3.8, 4) is 5.75 Å². The van der Waals surface area contributed by atoms with E-state index in [1.807, 2.05) is 19.9 Å². The molecule has 0 fully saturated rings. The first-order valence-electron chi connectivity index (χ1n) is 11.4. The Bertz CT molecular complexity index is 1030. The maximum Gasteiger partial charge on any atom is 0.417 e. The molecule has 8 nitrogen and oxygen atoms in total. The molecule has 0 aromatic heterocycles. The summed E-state index contributed by atoms with van der Waals surface area (Å²) in [5, 5.41) is 2.80. The first kappa shape index (κ1) is 25.2. The summed E-state index contributed by atoms with van der Waals surface area (Å²) in [4.78, 5) is 41.4. The fourth-order valence-electron chi connectivity index (χ4n) is 3.80. The molecule has 2 aromatic rings. The molecule has 182 valence electrons. The van der Waals surface area contributed by atoms with Gasteiger partial charge >= 0.3 is 6.09 Å². The molecule has 1 aliphatic rings. The Hall–Kier alpha value is -3.39. The lowest BCUT2D eigenvalue weighted by atomic mass is 9.98. The zero-order chi connectivity index (χ0) is 25.0. The van der Waals surface area contributed by atoms with Gasteiger partial charge in [0.1, 0.15) is 11.4 Å². The van der Waals surface area contributed by atoms with Crippen molar-refractivity contribution in [3.63, 3.8) is 0 Å². The van der Waals surface area contributed by atoms with Gasteiger partial charge in [-0.15, -0.1) is 0 Å². The standard InChI is InChI=1S/C26H33N3O5/c1-16(2)15-18(27)24(31)29(25(32)34-26(3,4)5)21-22(17-11-7-6-8-12-17)33-20-14-10-9-13-19(20)28-23(21)30/h6-14,16,18,21-22H,15,27H2,1-5H3,(H,28,30)/t18-,21-,22+/m0/s1. The number of amides is 3. The molecule has 0 spiro atoms. The Balaban J connectivity index is 2.13. The van der Waals surface area contributed by atoms with E-state index in [0.29, 0.717) is 23.4 Å². The van der Waals surface area contributed by atoms with E-state index < -0.39 is 41.7 Å². The molecule has 1 heterocycles. The molecule has 34 heavy (non-hydrogen) atoms. The molecule has 0 radical (unpaired) electrons. The first-order chi connectivity index (χ1) is 16.0. The fraction of sp³-hybridized carbons (Fsp3) is 0.423. The molecule has 2 aromatic carbocycles. The molecule has 0 bridgehead atoms. The third kappa shape index (κ3) is 5.94. The number of hydrogen-bond acceptors (Lipinski definition) is 6. The number of nitrogens with zero attached hydrogens (tertiary/aromatic N) is 1. The summed E-state index contributed by atoms with van der Waals surface area (Å²) in [6.07, 6.45) is -1.59. The third-order valence-electron chi connectivity index (χ3n) is 5.23. The number of carbonyl (C=O) groups is 3. The average molecular weight is 468 g/mol. The number of nitrogens with one attached hydrogen (secondary N) is 1. The normalized spacial score (nSPS) is 18.7. The second kappa shape index (κ2) is 10.3. The van der Waals surface area contributed by atoms with Gasteiger partial charge in [0.25, 0.3) is 5.91 Å². The van der Waals surface area contributed by atoms with E-state index in [-0.39, 0.29) is 5.92 Å². The van der Waals surface area contributed by atoms with Gasteiger partial charge in [-0.3, -0.25) is 9.59 Å². The number of hydrogen-bond donors (Lipinski definition) is 2. The van der Waals surface area contributed by atoms with Gasteiger partial charge in [-0.05, 0) is 50.8 Å². The van der Waals surface area contributed by atoms with Crippen molar-refractivity contribution in [1.29, 1.82) is 0 Å². The number of imide groups is 1. The van der Waals surface area contributed by atoms with Gasteiger partial charge in [-0.2, -0.15) is 0 Å². The molecule has 1 aliphatic heterocycles. The zero-order valence-corrected chi connectivity index (χ0v) is 20.3. The highest BCUT2D eigenvalue weighted by Gasteiger charge is 2.47. The second-order valence-electron chi connectivity index (χ2n) is 9.80. The molecule has 0 unspecified atom stereocenters. The summed E-state index contributed by atoms with van der Waals surface area (Å²) in [6.45, 7) is 8.92. The summed E-state index contributed by atoms with van der Waals surface area (Å²) in [7, 11) is 0. The van der Waals surface area contributed by atoms with Crippen molar-refractivity contribution < 1.29 is 23.9 Å². The number of rotatable bonds is 5. The summed E-state index contributed by atoms with van der Waals surface area (Å²) < 4.78 is 11.8. The predicted molar refractivity (Wildman–Crippen MR) is 129 cm³/mol. The Morgan fingerprint density at radius 3 is 2.32 bits per heavy atom. The number of para-hydroxylation sites is 2. The minimum Gasteiger partial charge on any atom is -0.481 e. The number of carbonyl (C=O) groups excluding carboxylic acids is 3. The maximum atomic E-state index is 13.6. The lowest BCUT2D eigenvalue weighted by molar-refractivity contribution is -0.142. The third-order valence-corrected chi connectivity index (χ3v) is 5.23. The van der Waals surface area contributed by atoms with Crippen LogP contribution >= 0.6 is 0 Å². The van der Waals surface area contributed by atoms with Crippen LogP contribution in [0, 0.1) is 5.92 Å². The van der Waals surface area contributed by atoms with E-state index in [4.69, 9.17) is 15.2 Å². The van der Waals surface area contributed by atoms with Gasteiger partial charge in [-0.1, -0.05) is 56.3 Å². The predicted octanol–water partition coefficient (Wildman–Crippen LogP) is 4.26. The number of anilines is 1. The van der Waals surface area contributed by atoms with Crippen LogP contribution < -0.4 is 15.8 Å². The van der Waals surface area contributed by atoms with Crippen LogP contribution in [0.3, 0.4) is 0 Å². The van der Waals surface area contributed by atoms with E-state index in [9.17, 15) is 14.4 Å². The molecule has 3 N–H and O–H groups in total. The lowest BCUT2D eigenvalue weighted by Gasteiger charge is -2.35. The van der Waals surface area contributed by atoms with Crippen molar-refractivity contribution in [2.45, 2.75) is 64.8 Å². The van der Waals surface area contributed by atoms with Crippen LogP contribution in [0.2, 0.25) is 0 Å². The van der Waals surface area contributed by atoms with Crippen LogP contribution in [-0.4, -0.2) is 40.5 Å². The van der Waals surface area contributed by atoms with Crippen molar-refractivity contribution in [1.82, 2.24) is 4.90 Å². The van der Waals surface area contributed by atoms with E-state index in [1.54, 1.807) is 69.3 Å². The number of fused-ring (bicyclic) bond motifs is 1. The van der Waals surface area contributed by atoms with E-state index in [0.717, 1.165) is 4.90 Å². The van der Waals surface area contributed by atoms with Crippen molar-refractivity contribution in [3.05, 3.63) is 60.2 Å². The molecule has 8 heteroatoms. The second-order valence-corrected chi connectivity index (χ2v) is 9.80.